The number of amides is 1. The van der Waals surface area contributed by atoms with Gasteiger partial charge in [0.25, 0.3) is 0 Å². The van der Waals surface area contributed by atoms with Crippen LogP contribution in [0.25, 0.3) is 0 Å². The molecule has 0 aliphatic heterocycles. The molecule has 0 aliphatic carbocycles. The largest absolute Gasteiger partial charge is 0.380 e. The summed E-state index contributed by atoms with van der Waals surface area (Å²) in [7, 11) is 1.57. The lowest BCUT2D eigenvalue weighted by molar-refractivity contribution is -0.123. The van der Waals surface area contributed by atoms with E-state index in [1.807, 2.05) is 0 Å². The van der Waals surface area contributed by atoms with Crippen LogP contribution in [0.2, 0.25) is 0 Å². The lowest BCUT2D eigenvalue weighted by atomic mass is 10.2. The Labute approximate surface area is 96.3 Å². The van der Waals surface area contributed by atoms with E-state index in [2.05, 4.69) is 18.5 Å². The van der Waals surface area contributed by atoms with Crippen LogP contribution < -0.4 is 11.1 Å². The van der Waals surface area contributed by atoms with Crippen molar-refractivity contribution in [3.63, 3.8) is 0 Å². The Kier molecular flexibility index (Phi) is 8.85. The van der Waals surface area contributed by atoms with Crippen molar-refractivity contribution in [2.45, 2.75) is 31.1 Å². The third kappa shape index (κ3) is 7.64. The first-order chi connectivity index (χ1) is 7.13. The Balaban J connectivity index is 3.56. The van der Waals surface area contributed by atoms with E-state index in [0.29, 0.717) is 18.2 Å². The van der Waals surface area contributed by atoms with Gasteiger partial charge in [0, 0.05) is 25.4 Å². The van der Waals surface area contributed by atoms with Crippen molar-refractivity contribution in [3.05, 3.63) is 0 Å². The summed E-state index contributed by atoms with van der Waals surface area (Å²) >= 11 is 1.80. The molecule has 0 bridgehead atoms. The van der Waals surface area contributed by atoms with Crippen molar-refractivity contribution >= 4 is 17.7 Å². The Morgan fingerprint density at radius 1 is 1.60 bits per heavy atom. The van der Waals surface area contributed by atoms with E-state index >= 15 is 0 Å². The summed E-state index contributed by atoms with van der Waals surface area (Å²) in [6.45, 7) is 3.25. The average molecular weight is 234 g/mol. The number of ether oxygens (including phenoxy) is 1. The molecule has 0 saturated carbocycles. The predicted molar refractivity (Wildman–Crippen MR) is 65.1 cm³/mol. The number of hydrogen-bond donors (Lipinski definition) is 2. The molecule has 0 heterocycles. The zero-order valence-electron chi connectivity index (χ0n) is 9.79. The van der Waals surface area contributed by atoms with E-state index < -0.39 is 0 Å². The fourth-order valence-corrected chi connectivity index (χ4v) is 1.43. The van der Waals surface area contributed by atoms with Gasteiger partial charge in [0.1, 0.15) is 0 Å². The number of rotatable bonds is 8. The van der Waals surface area contributed by atoms with Gasteiger partial charge in [-0.3, -0.25) is 4.79 Å². The van der Waals surface area contributed by atoms with E-state index in [1.54, 1.807) is 18.9 Å². The molecule has 3 N–H and O–H groups in total. The maximum absolute atomic E-state index is 11.4. The molecule has 0 aliphatic rings. The molecule has 1 amide bonds. The van der Waals surface area contributed by atoms with Gasteiger partial charge >= 0.3 is 0 Å². The topological polar surface area (TPSA) is 64.3 Å². The molecule has 0 spiro atoms. The Hall–Kier alpha value is -0.260. The van der Waals surface area contributed by atoms with Gasteiger partial charge in [-0.1, -0.05) is 6.92 Å². The first-order valence-corrected chi connectivity index (χ1v) is 6.45. The van der Waals surface area contributed by atoms with Crippen molar-refractivity contribution in [2.75, 3.05) is 26.5 Å². The van der Waals surface area contributed by atoms with Crippen LogP contribution in [0, 0.1) is 0 Å². The van der Waals surface area contributed by atoms with Gasteiger partial charge in [-0.2, -0.15) is 11.8 Å². The minimum absolute atomic E-state index is 0.0144. The van der Waals surface area contributed by atoms with Crippen LogP contribution in [0.15, 0.2) is 0 Å². The van der Waals surface area contributed by atoms with Gasteiger partial charge in [-0.15, -0.1) is 0 Å². The minimum Gasteiger partial charge on any atom is -0.380 e. The molecule has 4 nitrogen and oxygen atoms in total. The van der Waals surface area contributed by atoms with Gasteiger partial charge in [0.05, 0.1) is 12.5 Å². The third-order valence-corrected chi connectivity index (χ3v) is 3.33. The van der Waals surface area contributed by atoms with Gasteiger partial charge in [-0.25, -0.2) is 0 Å². The summed E-state index contributed by atoms with van der Waals surface area (Å²) in [6.07, 6.45) is 3.25. The quantitative estimate of drug-likeness (QED) is 0.646. The van der Waals surface area contributed by atoms with Crippen LogP contribution in [0.1, 0.15) is 19.8 Å². The van der Waals surface area contributed by atoms with Crippen molar-refractivity contribution in [3.8, 4) is 0 Å². The number of methoxy groups -OCH3 is 1. The van der Waals surface area contributed by atoms with Crippen LogP contribution in [0.5, 0.6) is 0 Å². The van der Waals surface area contributed by atoms with Crippen LogP contribution in [-0.2, 0) is 9.53 Å². The number of hydrogen-bond acceptors (Lipinski definition) is 4. The van der Waals surface area contributed by atoms with E-state index in [1.165, 1.54) is 0 Å². The Morgan fingerprint density at radius 2 is 2.27 bits per heavy atom. The molecule has 0 radical (unpaired) electrons. The zero-order chi connectivity index (χ0) is 11.7. The summed E-state index contributed by atoms with van der Waals surface area (Å²) < 4.78 is 5.03. The maximum atomic E-state index is 11.4. The predicted octanol–water partition coefficient (Wildman–Crippen LogP) is 0.608. The third-order valence-electron chi connectivity index (χ3n) is 2.28. The molecule has 90 valence electrons. The van der Waals surface area contributed by atoms with Crippen molar-refractivity contribution < 1.29 is 9.53 Å². The second-order valence-electron chi connectivity index (χ2n) is 3.48. The lowest BCUT2D eigenvalue weighted by Crippen LogP contribution is -2.33. The van der Waals surface area contributed by atoms with Gasteiger partial charge in [0.15, 0.2) is 0 Å². The van der Waals surface area contributed by atoms with Crippen LogP contribution in [0.3, 0.4) is 0 Å². The lowest BCUT2D eigenvalue weighted by Gasteiger charge is -2.13. The first kappa shape index (κ1) is 14.7. The zero-order valence-corrected chi connectivity index (χ0v) is 10.6. The van der Waals surface area contributed by atoms with E-state index in [0.717, 1.165) is 13.0 Å². The second-order valence-corrected chi connectivity index (χ2v) is 4.76. The smallest absolute Gasteiger partial charge is 0.222 e. The number of nitrogens with one attached hydrogen (secondary N) is 1. The van der Waals surface area contributed by atoms with E-state index in [-0.39, 0.29) is 12.0 Å². The number of nitrogens with two attached hydrogens (primary N) is 1. The van der Waals surface area contributed by atoms with Gasteiger partial charge < -0.3 is 15.8 Å². The fraction of sp³-hybridized carbons (Fsp3) is 0.900. The number of carbonyl (C=O) groups is 1. The molecular formula is C10H22N2O2S. The van der Waals surface area contributed by atoms with E-state index in [4.69, 9.17) is 10.5 Å². The molecule has 0 fully saturated rings. The van der Waals surface area contributed by atoms with Gasteiger partial charge in [-0.05, 0) is 12.7 Å². The molecule has 15 heavy (non-hydrogen) atoms. The molecule has 0 aromatic rings. The normalized spacial score (nSPS) is 14.7. The van der Waals surface area contributed by atoms with E-state index in [9.17, 15) is 4.79 Å². The fourth-order valence-electron chi connectivity index (χ4n) is 1.07. The molecule has 0 rings (SSSR count). The highest BCUT2D eigenvalue weighted by Crippen LogP contribution is 2.07. The summed E-state index contributed by atoms with van der Waals surface area (Å²) in [5.74, 6) is 0.0144. The van der Waals surface area contributed by atoms with Crippen LogP contribution in [-0.4, -0.2) is 43.7 Å². The molecule has 0 aromatic carbocycles. The Bertz CT molecular complexity index is 175. The first-order valence-electron chi connectivity index (χ1n) is 5.16. The molecule has 2 atom stereocenters. The second kappa shape index (κ2) is 9.00. The van der Waals surface area contributed by atoms with Crippen molar-refractivity contribution in [1.29, 1.82) is 0 Å². The van der Waals surface area contributed by atoms with Crippen LogP contribution in [0.4, 0.5) is 0 Å². The van der Waals surface area contributed by atoms with Crippen LogP contribution >= 0.6 is 11.8 Å². The van der Waals surface area contributed by atoms with Crippen molar-refractivity contribution in [1.82, 2.24) is 5.32 Å². The average Bonchev–Trinajstić information content (AvgIpc) is 2.25. The number of carbonyl (C=O) groups excluding carboxylic acids is 1. The Morgan fingerprint density at radius 3 is 2.73 bits per heavy atom. The summed E-state index contributed by atoms with van der Waals surface area (Å²) in [6, 6.07) is 0. The molecular weight excluding hydrogens is 212 g/mol. The van der Waals surface area contributed by atoms with Crippen molar-refractivity contribution in [2.24, 2.45) is 5.73 Å². The van der Waals surface area contributed by atoms with Gasteiger partial charge in [0.2, 0.25) is 5.91 Å². The molecule has 0 aromatic heterocycles. The molecule has 5 heteroatoms. The summed E-state index contributed by atoms with van der Waals surface area (Å²) in [4.78, 5) is 11.4. The highest BCUT2D eigenvalue weighted by Gasteiger charge is 2.10. The minimum atomic E-state index is -0.164. The number of thioether (sulfide) groups is 1. The monoisotopic (exact) mass is 234 g/mol. The molecule has 2 unspecified atom stereocenters. The maximum Gasteiger partial charge on any atom is 0.222 e. The summed E-state index contributed by atoms with van der Waals surface area (Å²) in [5, 5.41) is 3.44. The highest BCUT2D eigenvalue weighted by atomic mass is 32.2. The molecule has 0 saturated heterocycles. The SMILES string of the molecule is COC(CN)CC(=O)NCCC(C)SC. The standard InChI is InChI=1S/C10H22N2O2S/c1-8(15-3)4-5-12-10(13)6-9(7-11)14-2/h8-9H,4-7,11H2,1-3H3,(H,12,13). The summed E-state index contributed by atoms with van der Waals surface area (Å²) in [5.41, 5.74) is 5.42. The highest BCUT2D eigenvalue weighted by molar-refractivity contribution is 7.99.